The van der Waals surface area contributed by atoms with Crippen molar-refractivity contribution < 1.29 is 29.0 Å². The number of rotatable bonds is 14. The summed E-state index contributed by atoms with van der Waals surface area (Å²) >= 11 is 0. The van der Waals surface area contributed by atoms with Gasteiger partial charge in [0.25, 0.3) is 0 Å². The van der Waals surface area contributed by atoms with Gasteiger partial charge in [0.05, 0.1) is 39.6 Å². The zero-order valence-electron chi connectivity index (χ0n) is 14.4. The second-order valence-electron chi connectivity index (χ2n) is 5.06. The minimum absolute atomic E-state index is 0.0250. The monoisotopic (exact) mass is 347 g/mol. The third-order valence-corrected chi connectivity index (χ3v) is 2.87. The van der Waals surface area contributed by atoms with Gasteiger partial charge in [0.15, 0.2) is 0 Å². The predicted molar refractivity (Wildman–Crippen MR) is 87.3 cm³/mol. The van der Waals surface area contributed by atoms with Crippen molar-refractivity contribution in [2.24, 2.45) is 0 Å². The molecule has 1 atom stereocenters. The molecule has 0 aromatic heterocycles. The van der Waals surface area contributed by atoms with Crippen LogP contribution in [0.2, 0.25) is 0 Å². The summed E-state index contributed by atoms with van der Waals surface area (Å²) in [6.07, 6.45) is 1.25. The van der Waals surface area contributed by atoms with Crippen LogP contribution in [0.4, 0.5) is 0 Å². The van der Waals surface area contributed by atoms with E-state index in [1.54, 1.807) is 0 Å². The number of aliphatic hydroxyl groups excluding tert-OH is 1. The number of amides is 3. The molecule has 9 heteroatoms. The van der Waals surface area contributed by atoms with Gasteiger partial charge in [-0.05, 0) is 6.42 Å². The molecule has 140 valence electrons. The van der Waals surface area contributed by atoms with Crippen LogP contribution in [0.25, 0.3) is 0 Å². The number of aliphatic hydroxyl groups is 1. The Bertz CT molecular complexity index is 378. The Morgan fingerprint density at radius 1 is 1.04 bits per heavy atom. The van der Waals surface area contributed by atoms with Crippen LogP contribution >= 0.6 is 0 Å². The molecule has 0 saturated carbocycles. The molecule has 0 unspecified atom stereocenters. The summed E-state index contributed by atoms with van der Waals surface area (Å²) in [5.41, 5.74) is 0. The van der Waals surface area contributed by atoms with Gasteiger partial charge in [-0.3, -0.25) is 14.4 Å². The van der Waals surface area contributed by atoms with Crippen molar-refractivity contribution in [3.63, 3.8) is 0 Å². The summed E-state index contributed by atoms with van der Waals surface area (Å²) in [5, 5.41) is 16.2. The maximum atomic E-state index is 11.9. The van der Waals surface area contributed by atoms with Gasteiger partial charge in [-0.25, -0.2) is 0 Å². The van der Waals surface area contributed by atoms with E-state index in [2.05, 4.69) is 16.0 Å². The Morgan fingerprint density at radius 3 is 2.29 bits per heavy atom. The molecular formula is C15H29N3O6. The lowest BCUT2D eigenvalue weighted by molar-refractivity contribution is -0.130. The van der Waals surface area contributed by atoms with E-state index in [0.717, 1.165) is 6.42 Å². The van der Waals surface area contributed by atoms with Gasteiger partial charge in [0, 0.05) is 13.5 Å². The van der Waals surface area contributed by atoms with Crippen LogP contribution in [-0.2, 0) is 23.9 Å². The summed E-state index contributed by atoms with van der Waals surface area (Å²) in [4.78, 5) is 34.6. The summed E-state index contributed by atoms with van der Waals surface area (Å²) in [5.74, 6) is -0.991. The first kappa shape index (κ1) is 22.3. The van der Waals surface area contributed by atoms with Gasteiger partial charge in [-0.1, -0.05) is 13.3 Å². The van der Waals surface area contributed by atoms with Crippen molar-refractivity contribution in [1.29, 1.82) is 0 Å². The molecule has 0 saturated heterocycles. The molecule has 0 aliphatic heterocycles. The summed E-state index contributed by atoms with van der Waals surface area (Å²) in [7, 11) is 0. The minimum atomic E-state index is -0.623. The Morgan fingerprint density at radius 2 is 1.71 bits per heavy atom. The molecule has 24 heavy (non-hydrogen) atoms. The molecule has 0 fully saturated rings. The summed E-state index contributed by atoms with van der Waals surface area (Å²) < 4.78 is 10.2. The highest BCUT2D eigenvalue weighted by Crippen LogP contribution is 1.96. The molecule has 0 rings (SSSR count). The lowest BCUT2D eigenvalue weighted by Crippen LogP contribution is -2.48. The molecule has 0 spiro atoms. The number of carbonyl (C=O) groups is 3. The molecule has 0 radical (unpaired) electrons. The molecular weight excluding hydrogens is 318 g/mol. The zero-order chi connectivity index (χ0) is 18.2. The lowest BCUT2D eigenvalue weighted by Gasteiger charge is -2.16. The van der Waals surface area contributed by atoms with Gasteiger partial charge in [-0.15, -0.1) is 0 Å². The number of carbonyl (C=O) groups excluding carboxylic acids is 3. The van der Waals surface area contributed by atoms with Crippen molar-refractivity contribution in [1.82, 2.24) is 16.0 Å². The summed E-state index contributed by atoms with van der Waals surface area (Å²) in [6, 6.07) is -0.623. The topological polar surface area (TPSA) is 126 Å². The van der Waals surface area contributed by atoms with Crippen molar-refractivity contribution >= 4 is 17.7 Å². The summed E-state index contributed by atoms with van der Waals surface area (Å²) in [6.45, 7) is 4.75. The van der Waals surface area contributed by atoms with E-state index in [1.165, 1.54) is 6.92 Å². The van der Waals surface area contributed by atoms with Crippen molar-refractivity contribution in [2.45, 2.75) is 32.7 Å². The number of hydrogen-bond acceptors (Lipinski definition) is 6. The third-order valence-electron chi connectivity index (χ3n) is 2.87. The Labute approximate surface area is 142 Å². The third kappa shape index (κ3) is 12.8. The standard InChI is InChI=1S/C15H29N3O6/c1-3-4-13(18-12(2)20)15(22)17-11-14(21)16-5-7-23-9-10-24-8-6-19/h13,19H,3-11H2,1-2H3,(H,16,21)(H,17,22)(H,18,20)/t13-/m0/s1. The van der Waals surface area contributed by atoms with Crippen molar-refractivity contribution in [3.05, 3.63) is 0 Å². The highest BCUT2D eigenvalue weighted by Gasteiger charge is 2.18. The number of ether oxygens (including phenoxy) is 2. The van der Waals surface area contributed by atoms with Crippen LogP contribution in [0.15, 0.2) is 0 Å². The highest BCUT2D eigenvalue weighted by atomic mass is 16.5. The van der Waals surface area contributed by atoms with E-state index in [4.69, 9.17) is 14.6 Å². The molecule has 0 aliphatic carbocycles. The average molecular weight is 347 g/mol. The average Bonchev–Trinajstić information content (AvgIpc) is 2.54. The fourth-order valence-electron chi connectivity index (χ4n) is 1.81. The second kappa shape index (κ2) is 14.9. The van der Waals surface area contributed by atoms with E-state index in [1.807, 2.05) is 6.92 Å². The smallest absolute Gasteiger partial charge is 0.243 e. The first-order chi connectivity index (χ1) is 11.5. The molecule has 3 amide bonds. The number of hydrogen-bond donors (Lipinski definition) is 4. The van der Waals surface area contributed by atoms with E-state index < -0.39 is 6.04 Å². The molecule has 0 aromatic rings. The maximum absolute atomic E-state index is 11.9. The molecule has 4 N–H and O–H groups in total. The fraction of sp³-hybridized carbons (Fsp3) is 0.800. The molecule has 0 aromatic carbocycles. The first-order valence-electron chi connectivity index (χ1n) is 8.09. The van der Waals surface area contributed by atoms with Gasteiger partial charge in [0.2, 0.25) is 17.7 Å². The van der Waals surface area contributed by atoms with Gasteiger partial charge >= 0.3 is 0 Å². The SMILES string of the molecule is CCC[C@H](NC(C)=O)C(=O)NCC(=O)NCCOCCOCCO. The van der Waals surface area contributed by atoms with E-state index in [0.29, 0.717) is 32.8 Å². The van der Waals surface area contributed by atoms with Crippen LogP contribution in [0.3, 0.4) is 0 Å². The quantitative estimate of drug-likeness (QED) is 0.285. The van der Waals surface area contributed by atoms with Crippen LogP contribution < -0.4 is 16.0 Å². The second-order valence-corrected chi connectivity index (χ2v) is 5.06. The fourth-order valence-corrected chi connectivity index (χ4v) is 1.81. The van der Waals surface area contributed by atoms with E-state index in [-0.39, 0.29) is 37.5 Å². The normalized spacial score (nSPS) is 11.6. The van der Waals surface area contributed by atoms with E-state index >= 15 is 0 Å². The molecule has 0 bridgehead atoms. The van der Waals surface area contributed by atoms with Crippen LogP contribution in [-0.4, -0.2) is 75.0 Å². The Hall–Kier alpha value is -1.71. The number of nitrogens with one attached hydrogen (secondary N) is 3. The molecule has 0 heterocycles. The van der Waals surface area contributed by atoms with Crippen LogP contribution in [0, 0.1) is 0 Å². The van der Waals surface area contributed by atoms with Crippen LogP contribution in [0.5, 0.6) is 0 Å². The van der Waals surface area contributed by atoms with Gasteiger partial charge in [0.1, 0.15) is 6.04 Å². The Balaban J connectivity index is 3.76. The minimum Gasteiger partial charge on any atom is -0.394 e. The highest BCUT2D eigenvalue weighted by molar-refractivity contribution is 5.90. The molecule has 9 nitrogen and oxygen atoms in total. The molecule has 0 aliphatic rings. The first-order valence-corrected chi connectivity index (χ1v) is 8.09. The lowest BCUT2D eigenvalue weighted by atomic mass is 10.1. The van der Waals surface area contributed by atoms with E-state index in [9.17, 15) is 14.4 Å². The van der Waals surface area contributed by atoms with Crippen LogP contribution in [0.1, 0.15) is 26.7 Å². The van der Waals surface area contributed by atoms with Crippen molar-refractivity contribution in [3.8, 4) is 0 Å². The Kier molecular flexibility index (Phi) is 13.8. The van der Waals surface area contributed by atoms with Crippen molar-refractivity contribution in [2.75, 3.05) is 46.1 Å². The predicted octanol–water partition coefficient (Wildman–Crippen LogP) is -1.45. The largest absolute Gasteiger partial charge is 0.394 e. The van der Waals surface area contributed by atoms with Gasteiger partial charge < -0.3 is 30.5 Å². The maximum Gasteiger partial charge on any atom is 0.243 e. The van der Waals surface area contributed by atoms with Gasteiger partial charge in [-0.2, -0.15) is 0 Å². The zero-order valence-corrected chi connectivity index (χ0v) is 14.4.